The van der Waals surface area contributed by atoms with Crippen LogP contribution in [0.3, 0.4) is 0 Å². The van der Waals surface area contributed by atoms with Crippen molar-refractivity contribution in [3.63, 3.8) is 0 Å². The summed E-state index contributed by atoms with van der Waals surface area (Å²) < 4.78 is 0. The van der Waals surface area contributed by atoms with Crippen molar-refractivity contribution in [1.82, 2.24) is 0 Å². The van der Waals surface area contributed by atoms with E-state index in [2.05, 4.69) is 49.4 Å². The summed E-state index contributed by atoms with van der Waals surface area (Å²) in [5.74, 6) is -0.323. The van der Waals surface area contributed by atoms with Crippen molar-refractivity contribution in [2.45, 2.75) is 134 Å². The van der Waals surface area contributed by atoms with Crippen LogP contribution in [0.5, 0.6) is 0 Å². The number of hydrogen-bond acceptors (Lipinski definition) is 1. The summed E-state index contributed by atoms with van der Waals surface area (Å²) in [7, 11) is 0. The molecule has 2 saturated carbocycles. The van der Waals surface area contributed by atoms with Crippen LogP contribution in [0.1, 0.15) is 134 Å². The van der Waals surface area contributed by atoms with E-state index in [0.717, 1.165) is 19.3 Å². The molecule has 190 valence electrons. The molecular weight excluding hydrogens is 416 g/mol. The Morgan fingerprint density at radius 3 is 2.24 bits per heavy atom. The average molecular weight is 467 g/mol. The molecule has 2 heteroatoms. The molecule has 0 amide bonds. The minimum atomic E-state index is -0.618. The standard InChI is InChI=1S/C32H50O2/c1-2-3-4-5-6-7-8-9-10-11-13-18-28(25-30(33)34)26-32(29-19-14-12-15-20-29)24-23-31(27-32)21-16-17-22-31/h7-8,12,14-15,19-20,28H,2-6,9-11,13,16-18,21-27H2,1H3,(H,33,34)/t28-,32-/m1/s1. The average Bonchev–Trinajstić information content (AvgIpc) is 3.45. The zero-order valence-corrected chi connectivity index (χ0v) is 21.9. The number of carboxylic acids is 1. The van der Waals surface area contributed by atoms with E-state index in [4.69, 9.17) is 0 Å². The number of carboxylic acid groups (broad SMARTS) is 1. The lowest BCUT2D eigenvalue weighted by molar-refractivity contribution is -0.138. The number of unbranched alkanes of at least 4 members (excludes halogenated alkanes) is 7. The van der Waals surface area contributed by atoms with E-state index in [1.807, 2.05) is 0 Å². The van der Waals surface area contributed by atoms with Gasteiger partial charge in [-0.15, -0.1) is 0 Å². The topological polar surface area (TPSA) is 37.3 Å². The molecule has 1 aromatic rings. The smallest absolute Gasteiger partial charge is 0.303 e. The summed E-state index contributed by atoms with van der Waals surface area (Å²) in [4.78, 5) is 11.8. The summed E-state index contributed by atoms with van der Waals surface area (Å²) in [6.45, 7) is 2.26. The molecule has 1 spiro atoms. The summed E-state index contributed by atoms with van der Waals surface area (Å²) in [5.41, 5.74) is 2.19. The number of hydrogen-bond donors (Lipinski definition) is 1. The predicted octanol–water partition coefficient (Wildman–Crippen LogP) is 9.63. The summed E-state index contributed by atoms with van der Waals surface area (Å²) in [6, 6.07) is 11.1. The van der Waals surface area contributed by atoms with Gasteiger partial charge in [0, 0.05) is 6.42 Å². The van der Waals surface area contributed by atoms with Crippen LogP contribution < -0.4 is 0 Å². The van der Waals surface area contributed by atoms with E-state index in [0.29, 0.717) is 17.8 Å². The molecule has 0 radical (unpaired) electrons. The predicted molar refractivity (Wildman–Crippen MR) is 144 cm³/mol. The lowest BCUT2D eigenvalue weighted by atomic mass is 9.68. The third-order valence-electron chi connectivity index (χ3n) is 8.91. The maximum Gasteiger partial charge on any atom is 0.303 e. The number of rotatable bonds is 16. The first-order valence-electron chi connectivity index (χ1n) is 14.5. The van der Waals surface area contributed by atoms with Gasteiger partial charge >= 0.3 is 5.97 Å². The second kappa shape index (κ2) is 14.1. The molecule has 0 aromatic heterocycles. The van der Waals surface area contributed by atoms with E-state index in [1.54, 1.807) is 0 Å². The van der Waals surface area contributed by atoms with Gasteiger partial charge in [0.15, 0.2) is 0 Å². The molecule has 0 aliphatic heterocycles. The molecule has 0 bridgehead atoms. The van der Waals surface area contributed by atoms with Gasteiger partial charge in [0.05, 0.1) is 0 Å². The van der Waals surface area contributed by atoms with Crippen LogP contribution >= 0.6 is 0 Å². The van der Waals surface area contributed by atoms with Crippen LogP contribution in [0.25, 0.3) is 0 Å². The molecule has 3 rings (SSSR count). The quantitative estimate of drug-likeness (QED) is 0.194. The molecule has 2 aliphatic carbocycles. The van der Waals surface area contributed by atoms with Crippen LogP contribution in [0.4, 0.5) is 0 Å². The van der Waals surface area contributed by atoms with E-state index in [1.165, 1.54) is 102 Å². The molecule has 0 saturated heterocycles. The highest BCUT2D eigenvalue weighted by Gasteiger charge is 2.50. The second-order valence-corrected chi connectivity index (χ2v) is 11.7. The van der Waals surface area contributed by atoms with Gasteiger partial charge in [0.25, 0.3) is 0 Å². The molecule has 2 aliphatic rings. The molecular formula is C32H50O2. The van der Waals surface area contributed by atoms with Gasteiger partial charge in [0.2, 0.25) is 0 Å². The Bertz CT molecular complexity index is 731. The van der Waals surface area contributed by atoms with Crippen molar-refractivity contribution < 1.29 is 9.90 Å². The van der Waals surface area contributed by atoms with E-state index < -0.39 is 5.97 Å². The van der Waals surface area contributed by atoms with Gasteiger partial charge in [-0.3, -0.25) is 4.79 Å². The number of carbonyl (C=O) groups is 1. The first kappa shape index (κ1) is 27.0. The second-order valence-electron chi connectivity index (χ2n) is 11.7. The minimum absolute atomic E-state index is 0.187. The fourth-order valence-corrected chi connectivity index (χ4v) is 7.15. The summed E-state index contributed by atoms with van der Waals surface area (Å²) in [5, 5.41) is 9.69. The fourth-order valence-electron chi connectivity index (χ4n) is 7.15. The van der Waals surface area contributed by atoms with Crippen molar-refractivity contribution >= 4 is 5.97 Å². The third-order valence-corrected chi connectivity index (χ3v) is 8.91. The van der Waals surface area contributed by atoms with Crippen molar-refractivity contribution in [1.29, 1.82) is 0 Å². The monoisotopic (exact) mass is 466 g/mol. The highest BCUT2D eigenvalue weighted by Crippen LogP contribution is 2.60. The van der Waals surface area contributed by atoms with Crippen LogP contribution in [0, 0.1) is 11.3 Å². The van der Waals surface area contributed by atoms with Gasteiger partial charge in [-0.25, -0.2) is 0 Å². The van der Waals surface area contributed by atoms with Crippen LogP contribution in [0.15, 0.2) is 42.5 Å². The minimum Gasteiger partial charge on any atom is -0.481 e. The lowest BCUT2D eigenvalue weighted by Gasteiger charge is -2.36. The van der Waals surface area contributed by atoms with Gasteiger partial charge in [0.1, 0.15) is 0 Å². The van der Waals surface area contributed by atoms with E-state index in [-0.39, 0.29) is 5.41 Å². The first-order chi connectivity index (χ1) is 16.6. The zero-order valence-electron chi connectivity index (χ0n) is 21.9. The van der Waals surface area contributed by atoms with E-state index in [9.17, 15) is 9.90 Å². The molecule has 2 atom stereocenters. The largest absolute Gasteiger partial charge is 0.481 e. The Labute approximate surface area is 209 Å². The Balaban J connectivity index is 1.51. The fraction of sp³-hybridized carbons (Fsp3) is 0.719. The zero-order chi connectivity index (χ0) is 24.1. The Morgan fingerprint density at radius 2 is 1.59 bits per heavy atom. The first-order valence-corrected chi connectivity index (χ1v) is 14.5. The van der Waals surface area contributed by atoms with E-state index >= 15 is 0 Å². The third kappa shape index (κ3) is 8.28. The van der Waals surface area contributed by atoms with Gasteiger partial charge in [-0.2, -0.15) is 0 Å². The highest BCUT2D eigenvalue weighted by atomic mass is 16.4. The normalized spacial score (nSPS) is 22.6. The summed E-state index contributed by atoms with van der Waals surface area (Å²) >= 11 is 0. The van der Waals surface area contributed by atoms with Crippen molar-refractivity contribution in [2.75, 3.05) is 0 Å². The van der Waals surface area contributed by atoms with Crippen LogP contribution in [0.2, 0.25) is 0 Å². The van der Waals surface area contributed by atoms with Crippen molar-refractivity contribution in [3.8, 4) is 0 Å². The molecule has 2 fully saturated rings. The lowest BCUT2D eigenvalue weighted by Crippen LogP contribution is -2.29. The number of allylic oxidation sites excluding steroid dienone is 2. The molecule has 1 N–H and O–H groups in total. The van der Waals surface area contributed by atoms with Gasteiger partial charge in [-0.1, -0.05) is 94.4 Å². The highest BCUT2D eigenvalue weighted by molar-refractivity contribution is 5.67. The van der Waals surface area contributed by atoms with Gasteiger partial charge in [-0.05, 0) is 92.9 Å². The SMILES string of the molecule is CCCCCCC=CCCCCC[C@H](CC(=O)O)C[C@]1(c2ccccc2)CCC2(CCCC2)C1. The summed E-state index contributed by atoms with van der Waals surface area (Å²) in [6.07, 6.45) is 28.0. The molecule has 2 nitrogen and oxygen atoms in total. The number of benzene rings is 1. The Kier molecular flexibility index (Phi) is 11.2. The van der Waals surface area contributed by atoms with Crippen molar-refractivity contribution in [2.24, 2.45) is 11.3 Å². The Hall–Kier alpha value is -1.57. The molecule has 34 heavy (non-hydrogen) atoms. The van der Waals surface area contributed by atoms with Crippen molar-refractivity contribution in [3.05, 3.63) is 48.0 Å². The maximum atomic E-state index is 11.8. The van der Waals surface area contributed by atoms with Crippen LogP contribution in [-0.2, 0) is 10.2 Å². The van der Waals surface area contributed by atoms with Gasteiger partial charge < -0.3 is 5.11 Å². The number of aliphatic carboxylic acids is 1. The molecule has 1 aromatic carbocycles. The molecule has 0 unspecified atom stereocenters. The Morgan fingerprint density at radius 1 is 0.912 bits per heavy atom. The molecule has 0 heterocycles. The maximum absolute atomic E-state index is 11.8. The van der Waals surface area contributed by atoms with Crippen LogP contribution in [-0.4, -0.2) is 11.1 Å².